The van der Waals surface area contributed by atoms with Gasteiger partial charge in [0.2, 0.25) is 0 Å². The van der Waals surface area contributed by atoms with Crippen molar-refractivity contribution in [3.63, 3.8) is 0 Å². The molecule has 1 N–H and O–H groups in total. The monoisotopic (exact) mass is 296 g/mol. The Hall–Kier alpha value is -0.0800. The first-order valence-corrected chi connectivity index (χ1v) is 9.63. The van der Waals surface area contributed by atoms with E-state index in [0.29, 0.717) is 5.54 Å². The van der Waals surface area contributed by atoms with Crippen molar-refractivity contribution in [1.29, 1.82) is 0 Å². The molecule has 0 aromatic rings. The normalized spacial score (nSPS) is 24.1. The van der Waals surface area contributed by atoms with Gasteiger partial charge in [-0.3, -0.25) is 4.90 Å². The Morgan fingerprint density at radius 3 is 2.33 bits per heavy atom. The van der Waals surface area contributed by atoms with Crippen molar-refractivity contribution >= 4 is 0 Å². The van der Waals surface area contributed by atoms with E-state index in [-0.39, 0.29) is 0 Å². The minimum Gasteiger partial charge on any atom is -0.308 e. The van der Waals surface area contributed by atoms with Crippen molar-refractivity contribution in [3.05, 3.63) is 0 Å². The number of hydrogen-bond acceptors (Lipinski definition) is 2. The van der Waals surface area contributed by atoms with E-state index in [2.05, 4.69) is 44.8 Å². The lowest BCUT2D eigenvalue weighted by Crippen LogP contribution is -2.64. The molecular formula is C19H40N2. The highest BCUT2D eigenvalue weighted by Crippen LogP contribution is 2.26. The Bertz CT molecular complexity index is 260. The van der Waals surface area contributed by atoms with Crippen molar-refractivity contribution in [1.82, 2.24) is 10.2 Å². The summed E-state index contributed by atoms with van der Waals surface area (Å²) in [5.41, 5.74) is 0.368. The molecule has 2 heteroatoms. The standard InChI is InChI=1S/C19H40N2/c1-6-11-13-17(8-3)15-21-16-19(9-4,10-5)20-14-18(21)12-7-2/h17-18,20H,6-16H2,1-5H3. The number of rotatable bonds is 10. The molecule has 1 heterocycles. The highest BCUT2D eigenvalue weighted by atomic mass is 15.3. The lowest BCUT2D eigenvalue weighted by atomic mass is 9.86. The summed E-state index contributed by atoms with van der Waals surface area (Å²) in [6, 6.07) is 0.761. The molecule has 1 rings (SSSR count). The Balaban J connectivity index is 2.69. The highest BCUT2D eigenvalue weighted by Gasteiger charge is 2.36. The van der Waals surface area contributed by atoms with Gasteiger partial charge in [0.15, 0.2) is 0 Å². The fourth-order valence-electron chi connectivity index (χ4n) is 3.84. The van der Waals surface area contributed by atoms with E-state index in [9.17, 15) is 0 Å². The molecule has 21 heavy (non-hydrogen) atoms. The van der Waals surface area contributed by atoms with Crippen LogP contribution >= 0.6 is 0 Å². The fraction of sp³-hybridized carbons (Fsp3) is 1.00. The van der Waals surface area contributed by atoms with Crippen LogP contribution in [0.1, 0.15) is 86.0 Å². The summed E-state index contributed by atoms with van der Waals surface area (Å²) in [6.45, 7) is 15.5. The number of nitrogens with one attached hydrogen (secondary N) is 1. The maximum Gasteiger partial charge on any atom is 0.0304 e. The molecule has 0 spiro atoms. The van der Waals surface area contributed by atoms with E-state index in [4.69, 9.17) is 0 Å². The molecule has 2 atom stereocenters. The largest absolute Gasteiger partial charge is 0.308 e. The summed E-state index contributed by atoms with van der Waals surface area (Å²) >= 11 is 0. The first-order valence-electron chi connectivity index (χ1n) is 9.63. The molecule has 1 aliphatic rings. The topological polar surface area (TPSA) is 15.3 Å². The molecule has 126 valence electrons. The van der Waals surface area contributed by atoms with Crippen LogP contribution in [0.5, 0.6) is 0 Å². The van der Waals surface area contributed by atoms with Crippen molar-refractivity contribution in [3.8, 4) is 0 Å². The molecule has 0 aromatic carbocycles. The van der Waals surface area contributed by atoms with Gasteiger partial charge >= 0.3 is 0 Å². The summed E-state index contributed by atoms with van der Waals surface area (Å²) in [6.07, 6.45) is 10.7. The summed E-state index contributed by atoms with van der Waals surface area (Å²) in [5.74, 6) is 0.897. The second-order valence-corrected chi connectivity index (χ2v) is 7.16. The lowest BCUT2D eigenvalue weighted by molar-refractivity contribution is 0.0526. The van der Waals surface area contributed by atoms with E-state index in [1.807, 2.05) is 0 Å². The van der Waals surface area contributed by atoms with Crippen LogP contribution in [0.15, 0.2) is 0 Å². The van der Waals surface area contributed by atoms with Crippen molar-refractivity contribution in [2.24, 2.45) is 5.92 Å². The van der Waals surface area contributed by atoms with Crippen LogP contribution in [-0.4, -0.2) is 36.1 Å². The average molecular weight is 297 g/mol. The Kier molecular flexibility index (Phi) is 8.89. The molecule has 0 bridgehead atoms. The first kappa shape index (κ1) is 19.0. The molecule has 0 saturated carbocycles. The van der Waals surface area contributed by atoms with Crippen LogP contribution in [0.2, 0.25) is 0 Å². The minimum atomic E-state index is 0.368. The third kappa shape index (κ3) is 5.56. The zero-order valence-electron chi connectivity index (χ0n) is 15.4. The van der Waals surface area contributed by atoms with Gasteiger partial charge in [0.25, 0.3) is 0 Å². The second kappa shape index (κ2) is 9.84. The van der Waals surface area contributed by atoms with Gasteiger partial charge < -0.3 is 5.32 Å². The molecule has 2 nitrogen and oxygen atoms in total. The number of piperazine rings is 1. The molecule has 1 aliphatic heterocycles. The van der Waals surface area contributed by atoms with Gasteiger partial charge in [-0.2, -0.15) is 0 Å². The van der Waals surface area contributed by atoms with Crippen LogP contribution in [-0.2, 0) is 0 Å². The third-order valence-corrected chi connectivity index (χ3v) is 5.75. The van der Waals surface area contributed by atoms with Crippen molar-refractivity contribution in [2.45, 2.75) is 97.6 Å². The van der Waals surface area contributed by atoms with E-state index in [1.54, 1.807) is 0 Å². The summed E-state index contributed by atoms with van der Waals surface area (Å²) in [4.78, 5) is 2.84. The predicted octanol–water partition coefficient (Wildman–Crippen LogP) is 4.84. The van der Waals surface area contributed by atoms with Gasteiger partial charge in [0.05, 0.1) is 0 Å². The summed E-state index contributed by atoms with van der Waals surface area (Å²) in [5, 5.41) is 3.89. The average Bonchev–Trinajstić information content (AvgIpc) is 2.53. The summed E-state index contributed by atoms with van der Waals surface area (Å²) < 4.78 is 0. The number of nitrogens with zero attached hydrogens (tertiary/aromatic N) is 1. The van der Waals surface area contributed by atoms with Crippen LogP contribution in [0, 0.1) is 5.92 Å². The van der Waals surface area contributed by atoms with E-state index in [0.717, 1.165) is 12.0 Å². The SMILES string of the molecule is CCCCC(CC)CN1CC(CC)(CC)NCC1CCC. The van der Waals surface area contributed by atoms with Gasteiger partial charge in [-0.05, 0) is 31.6 Å². The Morgan fingerprint density at radius 1 is 1.10 bits per heavy atom. The van der Waals surface area contributed by atoms with E-state index < -0.39 is 0 Å². The third-order valence-electron chi connectivity index (χ3n) is 5.75. The molecule has 0 amide bonds. The van der Waals surface area contributed by atoms with Crippen LogP contribution < -0.4 is 5.32 Å². The number of hydrogen-bond donors (Lipinski definition) is 1. The zero-order chi connectivity index (χ0) is 15.7. The smallest absolute Gasteiger partial charge is 0.0304 e. The molecular weight excluding hydrogens is 256 g/mol. The summed E-state index contributed by atoms with van der Waals surface area (Å²) in [7, 11) is 0. The Labute approximate surface area is 134 Å². The second-order valence-electron chi connectivity index (χ2n) is 7.16. The molecule has 1 fully saturated rings. The Morgan fingerprint density at radius 2 is 1.81 bits per heavy atom. The minimum absolute atomic E-state index is 0.368. The molecule has 0 aromatic heterocycles. The van der Waals surface area contributed by atoms with E-state index >= 15 is 0 Å². The van der Waals surface area contributed by atoms with Crippen molar-refractivity contribution < 1.29 is 0 Å². The van der Waals surface area contributed by atoms with Crippen LogP contribution in [0.4, 0.5) is 0 Å². The van der Waals surface area contributed by atoms with Gasteiger partial charge in [-0.25, -0.2) is 0 Å². The quantitative estimate of drug-likeness (QED) is 0.621. The fourth-order valence-corrected chi connectivity index (χ4v) is 3.84. The molecule has 0 aliphatic carbocycles. The van der Waals surface area contributed by atoms with Crippen molar-refractivity contribution in [2.75, 3.05) is 19.6 Å². The van der Waals surface area contributed by atoms with Gasteiger partial charge in [0, 0.05) is 31.2 Å². The zero-order valence-corrected chi connectivity index (χ0v) is 15.4. The maximum atomic E-state index is 3.89. The first-order chi connectivity index (χ1) is 10.1. The molecule has 2 unspecified atom stereocenters. The van der Waals surface area contributed by atoms with Gasteiger partial charge in [-0.1, -0.05) is 60.3 Å². The predicted molar refractivity (Wildman–Crippen MR) is 94.9 cm³/mol. The molecule has 0 radical (unpaired) electrons. The lowest BCUT2D eigenvalue weighted by Gasteiger charge is -2.48. The van der Waals surface area contributed by atoms with Crippen LogP contribution in [0.3, 0.4) is 0 Å². The maximum absolute atomic E-state index is 3.89. The molecule has 1 saturated heterocycles. The number of unbranched alkanes of at least 4 members (excludes halogenated alkanes) is 1. The van der Waals surface area contributed by atoms with E-state index in [1.165, 1.54) is 71.0 Å². The van der Waals surface area contributed by atoms with Crippen LogP contribution in [0.25, 0.3) is 0 Å². The van der Waals surface area contributed by atoms with Gasteiger partial charge in [-0.15, -0.1) is 0 Å². The van der Waals surface area contributed by atoms with Gasteiger partial charge in [0.1, 0.15) is 0 Å². The highest BCUT2D eigenvalue weighted by molar-refractivity contribution is 4.97.